The van der Waals surface area contributed by atoms with Crippen LogP contribution in [0.15, 0.2) is 0 Å². The molecule has 0 saturated carbocycles. The van der Waals surface area contributed by atoms with Crippen LogP contribution in [0.2, 0.25) is 0 Å². The van der Waals surface area contributed by atoms with Crippen LogP contribution in [0, 0.1) is 0 Å². The second kappa shape index (κ2) is 7.58. The van der Waals surface area contributed by atoms with Gasteiger partial charge in [0.1, 0.15) is 0 Å². The van der Waals surface area contributed by atoms with Crippen molar-refractivity contribution in [1.29, 1.82) is 0 Å². The van der Waals surface area contributed by atoms with Gasteiger partial charge in [0, 0.05) is 6.42 Å². The monoisotopic (exact) mass is 291 g/mol. The van der Waals surface area contributed by atoms with Gasteiger partial charge in [-0.2, -0.15) is 0 Å². The van der Waals surface area contributed by atoms with E-state index in [1.165, 1.54) is 0 Å². The fourth-order valence-electron chi connectivity index (χ4n) is 0.800. The Morgan fingerprint density at radius 3 is 1.62 bits per heavy atom. The number of nitrogens with two attached hydrogens (primary N) is 1. The van der Waals surface area contributed by atoms with Gasteiger partial charge in [0.15, 0.2) is 0 Å². The maximum Gasteiger partial charge on any atom is 1.00 e. The fourth-order valence-corrected chi connectivity index (χ4v) is 3.06. The molecule has 0 atom stereocenters. The number of aliphatic hydroxyl groups is 1. The van der Waals surface area contributed by atoms with Crippen LogP contribution in [0.25, 0.3) is 0 Å². The van der Waals surface area contributed by atoms with Crippen LogP contribution in [-0.2, 0) is 9.13 Å². The Labute approximate surface area is 115 Å². The first-order valence-corrected chi connectivity index (χ1v) is 6.82. The zero-order valence-corrected chi connectivity index (χ0v) is 12.4. The molecule has 0 aromatic heterocycles. The van der Waals surface area contributed by atoms with E-state index in [-0.39, 0.29) is 49.4 Å². The van der Waals surface area contributed by atoms with Crippen molar-refractivity contribution < 1.29 is 70.3 Å². The molecule has 16 heavy (non-hydrogen) atoms. The summed E-state index contributed by atoms with van der Waals surface area (Å²) < 4.78 is 21.4. The van der Waals surface area contributed by atoms with E-state index in [2.05, 4.69) is 0 Å². The second-order valence-corrected chi connectivity index (χ2v) is 6.76. The van der Waals surface area contributed by atoms with Gasteiger partial charge >= 0.3 is 44.7 Å². The maximum absolute atomic E-state index is 10.7. The normalized spacial score (nSPS) is 12.6. The van der Waals surface area contributed by atoms with E-state index in [1.54, 1.807) is 0 Å². The smallest absolute Gasteiger partial charge is 1.00 e. The van der Waals surface area contributed by atoms with Crippen molar-refractivity contribution in [2.24, 2.45) is 5.73 Å². The summed E-state index contributed by atoms with van der Waals surface area (Å²) in [4.78, 5) is 34.5. The van der Waals surface area contributed by atoms with Crippen LogP contribution in [-0.4, -0.2) is 41.8 Å². The van der Waals surface area contributed by atoms with Crippen molar-refractivity contribution in [3.8, 4) is 0 Å². The second-order valence-electron chi connectivity index (χ2n) is 2.75. The Morgan fingerprint density at radius 2 is 1.44 bits per heavy atom. The van der Waals surface area contributed by atoms with Crippen LogP contribution in [0.1, 0.15) is 14.3 Å². The summed E-state index contributed by atoms with van der Waals surface area (Å²) in [6.07, 6.45) is -0.856. The molecular weight excluding hydrogens is 275 g/mol. The minimum atomic E-state index is -5.30. The van der Waals surface area contributed by atoms with Gasteiger partial charge in [-0.3, -0.25) is 9.13 Å². The van der Waals surface area contributed by atoms with Gasteiger partial charge in [-0.1, -0.05) is 0 Å². The Bertz CT molecular complexity index is 269. The van der Waals surface area contributed by atoms with E-state index < -0.39 is 26.7 Å². The van der Waals surface area contributed by atoms with Gasteiger partial charge < -0.3 is 37.3 Å². The third-order valence-corrected chi connectivity index (χ3v) is 5.53. The number of rotatable bonds is 5. The molecule has 0 unspecified atom stereocenters. The Hall–Kier alpha value is 1.18. The van der Waals surface area contributed by atoms with Gasteiger partial charge in [0.25, 0.3) is 5.08 Å². The molecule has 0 aliphatic rings. The van der Waals surface area contributed by atoms with E-state index >= 15 is 0 Å². The zero-order valence-electron chi connectivity index (χ0n) is 9.65. The minimum absolute atomic E-state index is 0. The quantitative estimate of drug-likeness (QED) is 0.214. The van der Waals surface area contributed by atoms with Gasteiger partial charge in [-0.05, 0) is 13.0 Å². The van der Waals surface area contributed by atoms with Crippen LogP contribution in [0.3, 0.4) is 0 Å². The van der Waals surface area contributed by atoms with Crippen LogP contribution >= 0.6 is 15.2 Å². The average molecular weight is 291 g/mol. The summed E-state index contributed by atoms with van der Waals surface area (Å²) in [7, 11) is -10.6. The van der Waals surface area contributed by atoms with E-state index in [0.29, 0.717) is 0 Å². The molecule has 0 bridgehead atoms. The molecule has 9 nitrogen and oxygen atoms in total. The number of hydrogen-bond acceptors (Lipinski definition) is 4. The predicted molar refractivity (Wildman–Crippen MR) is 52.1 cm³/mol. The van der Waals surface area contributed by atoms with Gasteiger partial charge in [0.2, 0.25) is 0 Å². The first-order valence-electron chi connectivity index (χ1n) is 3.60. The molecule has 0 fully saturated rings. The predicted octanol–water partition coefficient (Wildman–Crippen LogP) is -4.98. The van der Waals surface area contributed by atoms with Crippen LogP contribution in [0.4, 0.5) is 0 Å². The van der Waals surface area contributed by atoms with Crippen molar-refractivity contribution in [3.63, 3.8) is 0 Å². The van der Waals surface area contributed by atoms with E-state index in [9.17, 15) is 14.2 Å². The Kier molecular flexibility index (Phi) is 10.6. The molecule has 0 aliphatic carbocycles. The summed E-state index contributed by atoms with van der Waals surface area (Å²) in [5.41, 5.74) is 5.01. The molecule has 0 spiro atoms. The van der Waals surface area contributed by atoms with Crippen LogP contribution < -0.4 is 35.3 Å². The Morgan fingerprint density at radius 1 is 1.12 bits per heavy atom. The van der Waals surface area contributed by atoms with Gasteiger partial charge in [0.05, 0.1) is 0 Å². The molecule has 0 radical (unpaired) electrons. The third-order valence-electron chi connectivity index (χ3n) is 1.65. The summed E-state index contributed by atoms with van der Waals surface area (Å²) in [6, 6.07) is 0. The average Bonchev–Trinajstić information content (AvgIpc) is 1.95. The van der Waals surface area contributed by atoms with Crippen molar-refractivity contribution >= 4 is 15.2 Å². The van der Waals surface area contributed by atoms with Crippen molar-refractivity contribution in [3.05, 3.63) is 0 Å². The SMILES string of the molecule is NCCCC(O)(P(=O)(O)O)P(=O)(O)O.O.[H-].[Na+]. The van der Waals surface area contributed by atoms with Crippen molar-refractivity contribution in [1.82, 2.24) is 0 Å². The number of hydrogen-bond donors (Lipinski definition) is 6. The van der Waals surface area contributed by atoms with Crippen molar-refractivity contribution in [2.75, 3.05) is 6.54 Å². The molecule has 0 aliphatic heterocycles. The van der Waals surface area contributed by atoms with Crippen molar-refractivity contribution in [2.45, 2.75) is 17.9 Å². The minimum Gasteiger partial charge on any atom is -1.00 e. The molecular formula is C4H16NNaO8P2. The first kappa shape index (κ1) is 22.4. The third kappa shape index (κ3) is 5.22. The molecule has 12 heteroatoms. The largest absolute Gasteiger partial charge is 1.00 e. The molecule has 0 heterocycles. The summed E-state index contributed by atoms with van der Waals surface area (Å²) >= 11 is 0. The molecule has 0 saturated heterocycles. The Balaban J connectivity index is -0.000000282. The fraction of sp³-hybridized carbons (Fsp3) is 1.00. The van der Waals surface area contributed by atoms with Gasteiger partial charge in [-0.15, -0.1) is 0 Å². The maximum atomic E-state index is 10.7. The molecule has 0 aromatic carbocycles. The van der Waals surface area contributed by atoms with Gasteiger partial charge in [-0.25, -0.2) is 0 Å². The molecule has 0 rings (SSSR count). The van der Waals surface area contributed by atoms with E-state index in [4.69, 9.17) is 25.3 Å². The molecule has 9 N–H and O–H groups in total. The first-order chi connectivity index (χ1) is 6.06. The summed E-state index contributed by atoms with van der Waals surface area (Å²) in [6.45, 7) is -0.0394. The molecule has 0 aromatic rings. The van der Waals surface area contributed by atoms with Crippen LogP contribution in [0.5, 0.6) is 0 Å². The summed E-state index contributed by atoms with van der Waals surface area (Å²) in [5.74, 6) is 0. The van der Waals surface area contributed by atoms with E-state index in [1.807, 2.05) is 0 Å². The van der Waals surface area contributed by atoms with E-state index in [0.717, 1.165) is 0 Å². The topological polar surface area (TPSA) is 193 Å². The molecule has 96 valence electrons. The standard InChI is InChI=1S/C4H13NO7P2.Na.H2O.H/c5-3-1-2-4(6,13(7,8)9)14(10,11)12;;;/h6H,1-3,5H2,(H2,7,8,9)(H2,10,11,12);;1H2;/q;+1;;-1. The zero-order chi connectivity index (χ0) is 11.6. The summed E-state index contributed by atoms with van der Waals surface area (Å²) in [5, 5.41) is 5.91. The molecule has 0 amide bonds.